The van der Waals surface area contributed by atoms with Crippen LogP contribution in [0.2, 0.25) is 0 Å². The highest BCUT2D eigenvalue weighted by Gasteiger charge is 2.45. The summed E-state index contributed by atoms with van der Waals surface area (Å²) in [6.45, 7) is 1.93. The SMILES string of the molecule is CCC(=O)OC1(C(=O)O)CCCCO1. The average molecular weight is 202 g/mol. The average Bonchev–Trinajstić information content (AvgIpc) is 2.19. The molecule has 1 aliphatic rings. The summed E-state index contributed by atoms with van der Waals surface area (Å²) in [4.78, 5) is 21.9. The van der Waals surface area contributed by atoms with Crippen LogP contribution in [0.1, 0.15) is 32.6 Å². The number of ether oxygens (including phenoxy) is 2. The Morgan fingerprint density at radius 3 is 2.64 bits per heavy atom. The van der Waals surface area contributed by atoms with Gasteiger partial charge in [-0.15, -0.1) is 0 Å². The summed E-state index contributed by atoms with van der Waals surface area (Å²) >= 11 is 0. The molecule has 1 heterocycles. The van der Waals surface area contributed by atoms with Gasteiger partial charge in [-0.3, -0.25) is 4.79 Å². The number of carboxylic acid groups (broad SMARTS) is 1. The molecule has 5 heteroatoms. The second-order valence-corrected chi connectivity index (χ2v) is 3.19. The largest absolute Gasteiger partial charge is 0.476 e. The predicted octanol–water partition coefficient (Wildman–Crippen LogP) is 0.921. The van der Waals surface area contributed by atoms with Crippen LogP contribution >= 0.6 is 0 Å². The Balaban J connectivity index is 2.70. The van der Waals surface area contributed by atoms with E-state index in [4.69, 9.17) is 14.6 Å². The van der Waals surface area contributed by atoms with Crippen LogP contribution in [0, 0.1) is 0 Å². The van der Waals surface area contributed by atoms with Crippen LogP contribution in [0.4, 0.5) is 0 Å². The second-order valence-electron chi connectivity index (χ2n) is 3.19. The molecule has 1 fully saturated rings. The third kappa shape index (κ3) is 2.23. The van der Waals surface area contributed by atoms with Crippen molar-refractivity contribution in [3.05, 3.63) is 0 Å². The van der Waals surface area contributed by atoms with E-state index in [9.17, 15) is 9.59 Å². The minimum absolute atomic E-state index is 0.151. The molecule has 1 aliphatic heterocycles. The number of hydrogen-bond donors (Lipinski definition) is 1. The molecule has 0 aromatic heterocycles. The maximum absolute atomic E-state index is 11.0. The molecule has 0 bridgehead atoms. The Morgan fingerprint density at radius 1 is 1.50 bits per heavy atom. The summed E-state index contributed by atoms with van der Waals surface area (Å²) in [5.41, 5.74) is 0. The first kappa shape index (κ1) is 11.0. The van der Waals surface area contributed by atoms with Crippen LogP contribution in [0.15, 0.2) is 0 Å². The zero-order valence-corrected chi connectivity index (χ0v) is 8.12. The zero-order chi connectivity index (χ0) is 10.6. The predicted molar refractivity (Wildman–Crippen MR) is 46.6 cm³/mol. The summed E-state index contributed by atoms with van der Waals surface area (Å²) in [6.07, 6.45) is 1.88. The Labute approximate surface area is 82.0 Å². The quantitative estimate of drug-likeness (QED) is 0.689. The molecule has 1 rings (SSSR count). The summed E-state index contributed by atoms with van der Waals surface area (Å²) in [6, 6.07) is 0. The molecule has 14 heavy (non-hydrogen) atoms. The van der Waals surface area contributed by atoms with Gasteiger partial charge in [-0.2, -0.15) is 0 Å². The molecule has 0 aliphatic carbocycles. The highest BCUT2D eigenvalue weighted by atomic mass is 16.7. The van der Waals surface area contributed by atoms with Crippen molar-refractivity contribution < 1.29 is 24.2 Å². The lowest BCUT2D eigenvalue weighted by molar-refractivity contribution is -0.250. The Hall–Kier alpha value is -1.10. The van der Waals surface area contributed by atoms with Crippen molar-refractivity contribution in [1.29, 1.82) is 0 Å². The van der Waals surface area contributed by atoms with E-state index in [2.05, 4.69) is 0 Å². The van der Waals surface area contributed by atoms with E-state index in [1.807, 2.05) is 0 Å². The molecule has 5 nitrogen and oxygen atoms in total. The van der Waals surface area contributed by atoms with Crippen LogP contribution in [0.25, 0.3) is 0 Å². The Morgan fingerprint density at radius 2 is 2.21 bits per heavy atom. The number of esters is 1. The number of hydrogen-bond acceptors (Lipinski definition) is 4. The monoisotopic (exact) mass is 202 g/mol. The van der Waals surface area contributed by atoms with E-state index < -0.39 is 17.7 Å². The molecule has 1 N–H and O–H groups in total. The Bertz CT molecular complexity index is 229. The first-order chi connectivity index (χ1) is 6.60. The molecule has 0 saturated carbocycles. The van der Waals surface area contributed by atoms with E-state index >= 15 is 0 Å². The molecule has 0 aromatic carbocycles. The van der Waals surface area contributed by atoms with E-state index in [0.29, 0.717) is 13.0 Å². The molecule has 0 amide bonds. The second kappa shape index (κ2) is 4.41. The van der Waals surface area contributed by atoms with Gasteiger partial charge in [0.05, 0.1) is 6.61 Å². The highest BCUT2D eigenvalue weighted by molar-refractivity contribution is 5.80. The van der Waals surface area contributed by atoms with E-state index in [1.54, 1.807) is 6.92 Å². The van der Waals surface area contributed by atoms with Crippen LogP contribution in [0.5, 0.6) is 0 Å². The van der Waals surface area contributed by atoms with Gasteiger partial charge in [0, 0.05) is 12.8 Å². The maximum Gasteiger partial charge on any atom is 0.377 e. The fourth-order valence-electron chi connectivity index (χ4n) is 1.32. The van der Waals surface area contributed by atoms with Crippen LogP contribution in [-0.2, 0) is 19.1 Å². The van der Waals surface area contributed by atoms with Gasteiger partial charge in [0.2, 0.25) is 0 Å². The summed E-state index contributed by atoms with van der Waals surface area (Å²) < 4.78 is 9.89. The van der Waals surface area contributed by atoms with Gasteiger partial charge in [-0.25, -0.2) is 4.79 Å². The molecule has 0 aromatic rings. The summed E-state index contributed by atoms with van der Waals surface area (Å²) in [5, 5.41) is 8.93. The third-order valence-corrected chi connectivity index (χ3v) is 2.13. The Kier molecular flexibility index (Phi) is 3.46. The number of aliphatic carboxylic acids is 1. The number of rotatable bonds is 3. The van der Waals surface area contributed by atoms with Gasteiger partial charge in [0.25, 0.3) is 0 Å². The number of carbonyl (C=O) groups excluding carboxylic acids is 1. The lowest BCUT2D eigenvalue weighted by Crippen LogP contribution is -2.48. The van der Waals surface area contributed by atoms with Gasteiger partial charge >= 0.3 is 17.7 Å². The molecule has 1 unspecified atom stereocenters. The minimum Gasteiger partial charge on any atom is -0.476 e. The normalized spacial score (nSPS) is 26.9. The number of carbonyl (C=O) groups is 2. The van der Waals surface area contributed by atoms with Crippen molar-refractivity contribution >= 4 is 11.9 Å². The van der Waals surface area contributed by atoms with Gasteiger partial charge in [0.15, 0.2) is 0 Å². The van der Waals surface area contributed by atoms with Crippen LogP contribution < -0.4 is 0 Å². The zero-order valence-electron chi connectivity index (χ0n) is 8.12. The molecule has 0 spiro atoms. The van der Waals surface area contributed by atoms with Gasteiger partial charge in [-0.1, -0.05) is 6.92 Å². The molecule has 1 saturated heterocycles. The highest BCUT2D eigenvalue weighted by Crippen LogP contribution is 2.27. The molecule has 80 valence electrons. The van der Waals surface area contributed by atoms with Crippen molar-refractivity contribution in [3.8, 4) is 0 Å². The standard InChI is InChI=1S/C9H14O5/c1-2-7(10)14-9(8(11)12)5-3-4-6-13-9/h2-6H2,1H3,(H,11,12). The van der Waals surface area contributed by atoms with Crippen molar-refractivity contribution in [2.75, 3.05) is 6.61 Å². The van der Waals surface area contributed by atoms with Crippen molar-refractivity contribution in [1.82, 2.24) is 0 Å². The molecular weight excluding hydrogens is 188 g/mol. The number of carboxylic acids is 1. The lowest BCUT2D eigenvalue weighted by atomic mass is 10.1. The van der Waals surface area contributed by atoms with Crippen molar-refractivity contribution in [3.63, 3.8) is 0 Å². The maximum atomic E-state index is 11.0. The van der Waals surface area contributed by atoms with Gasteiger partial charge < -0.3 is 14.6 Å². The van der Waals surface area contributed by atoms with E-state index in [0.717, 1.165) is 6.42 Å². The van der Waals surface area contributed by atoms with Crippen molar-refractivity contribution in [2.24, 2.45) is 0 Å². The van der Waals surface area contributed by atoms with Crippen LogP contribution in [0.3, 0.4) is 0 Å². The van der Waals surface area contributed by atoms with Crippen LogP contribution in [-0.4, -0.2) is 29.4 Å². The van der Waals surface area contributed by atoms with Crippen molar-refractivity contribution in [2.45, 2.75) is 38.4 Å². The van der Waals surface area contributed by atoms with E-state index in [1.165, 1.54) is 0 Å². The van der Waals surface area contributed by atoms with Gasteiger partial charge in [0.1, 0.15) is 0 Å². The summed E-state index contributed by atoms with van der Waals surface area (Å²) in [5.74, 6) is -3.50. The first-order valence-corrected chi connectivity index (χ1v) is 4.70. The summed E-state index contributed by atoms with van der Waals surface area (Å²) in [7, 11) is 0. The third-order valence-electron chi connectivity index (χ3n) is 2.13. The smallest absolute Gasteiger partial charge is 0.377 e. The molecule has 0 radical (unpaired) electrons. The lowest BCUT2D eigenvalue weighted by Gasteiger charge is -2.32. The fraction of sp³-hybridized carbons (Fsp3) is 0.778. The first-order valence-electron chi connectivity index (χ1n) is 4.70. The van der Waals surface area contributed by atoms with E-state index in [-0.39, 0.29) is 12.8 Å². The topological polar surface area (TPSA) is 72.8 Å². The minimum atomic E-state index is -1.73. The fourth-order valence-corrected chi connectivity index (χ4v) is 1.32. The van der Waals surface area contributed by atoms with Gasteiger partial charge in [-0.05, 0) is 12.8 Å². The molecular formula is C9H14O5. The molecule has 1 atom stereocenters.